The standard InChI is InChI=1S/C16H12INO/c17-15-10-8-14(9-11-15)16(19)18-12-4-7-13-5-2-1-3-6-13/h1-3,5-6,8-11H,12H2,(H,18,19). The van der Waals surface area contributed by atoms with Crippen molar-refractivity contribution < 1.29 is 4.79 Å². The molecule has 2 nitrogen and oxygen atoms in total. The Kier molecular flexibility index (Phi) is 4.99. The minimum absolute atomic E-state index is 0.0984. The Morgan fingerprint density at radius 3 is 2.42 bits per heavy atom. The van der Waals surface area contributed by atoms with E-state index >= 15 is 0 Å². The average molecular weight is 361 g/mol. The number of benzene rings is 2. The van der Waals surface area contributed by atoms with Crippen molar-refractivity contribution in [1.82, 2.24) is 5.32 Å². The maximum Gasteiger partial charge on any atom is 0.252 e. The zero-order chi connectivity index (χ0) is 13.5. The molecule has 94 valence electrons. The van der Waals surface area contributed by atoms with Crippen molar-refractivity contribution in [2.75, 3.05) is 6.54 Å². The molecule has 2 aromatic carbocycles. The predicted octanol–water partition coefficient (Wildman–Crippen LogP) is 3.07. The van der Waals surface area contributed by atoms with Crippen LogP contribution in [-0.4, -0.2) is 12.5 Å². The highest BCUT2D eigenvalue weighted by molar-refractivity contribution is 14.1. The molecule has 3 heteroatoms. The van der Waals surface area contributed by atoms with Crippen LogP contribution >= 0.6 is 22.6 Å². The van der Waals surface area contributed by atoms with E-state index in [0.717, 1.165) is 9.13 Å². The van der Waals surface area contributed by atoms with Gasteiger partial charge in [-0.05, 0) is 59.0 Å². The zero-order valence-electron chi connectivity index (χ0n) is 10.2. The lowest BCUT2D eigenvalue weighted by molar-refractivity contribution is 0.0958. The van der Waals surface area contributed by atoms with E-state index in [-0.39, 0.29) is 5.91 Å². The molecule has 0 saturated carbocycles. The Bertz CT molecular complexity index is 609. The second kappa shape index (κ2) is 6.95. The van der Waals surface area contributed by atoms with E-state index in [0.29, 0.717) is 12.1 Å². The van der Waals surface area contributed by atoms with Crippen LogP contribution in [0.2, 0.25) is 0 Å². The molecular formula is C16H12INO. The topological polar surface area (TPSA) is 29.1 Å². The van der Waals surface area contributed by atoms with Gasteiger partial charge in [0, 0.05) is 14.7 Å². The first-order valence-corrected chi connectivity index (χ1v) is 6.91. The van der Waals surface area contributed by atoms with Crippen LogP contribution in [0.3, 0.4) is 0 Å². The molecule has 19 heavy (non-hydrogen) atoms. The second-order valence-electron chi connectivity index (χ2n) is 3.86. The van der Waals surface area contributed by atoms with Gasteiger partial charge >= 0.3 is 0 Å². The van der Waals surface area contributed by atoms with Gasteiger partial charge in [-0.2, -0.15) is 0 Å². The number of hydrogen-bond donors (Lipinski definition) is 1. The molecule has 0 atom stereocenters. The smallest absolute Gasteiger partial charge is 0.252 e. The van der Waals surface area contributed by atoms with Crippen LogP contribution in [0, 0.1) is 15.4 Å². The van der Waals surface area contributed by atoms with Gasteiger partial charge in [0.2, 0.25) is 0 Å². The van der Waals surface area contributed by atoms with Crippen molar-refractivity contribution in [3.05, 3.63) is 69.3 Å². The minimum atomic E-state index is -0.0984. The normalized spacial score (nSPS) is 9.32. The van der Waals surface area contributed by atoms with Crippen molar-refractivity contribution in [2.24, 2.45) is 0 Å². The highest BCUT2D eigenvalue weighted by atomic mass is 127. The van der Waals surface area contributed by atoms with E-state index in [1.807, 2.05) is 54.6 Å². The fourth-order valence-corrected chi connectivity index (χ4v) is 1.86. The lowest BCUT2D eigenvalue weighted by Crippen LogP contribution is -2.23. The van der Waals surface area contributed by atoms with Gasteiger partial charge in [0.05, 0.1) is 6.54 Å². The summed E-state index contributed by atoms with van der Waals surface area (Å²) in [6.45, 7) is 0.347. The largest absolute Gasteiger partial charge is 0.341 e. The molecule has 0 bridgehead atoms. The quantitative estimate of drug-likeness (QED) is 0.647. The molecule has 1 N–H and O–H groups in total. The van der Waals surface area contributed by atoms with Gasteiger partial charge in [-0.1, -0.05) is 30.0 Å². The van der Waals surface area contributed by atoms with Crippen molar-refractivity contribution >= 4 is 28.5 Å². The summed E-state index contributed by atoms with van der Waals surface area (Å²) in [6, 6.07) is 17.1. The molecule has 1 amide bonds. The molecule has 2 rings (SSSR count). The van der Waals surface area contributed by atoms with Crippen LogP contribution in [0.25, 0.3) is 0 Å². The molecule has 0 aliphatic heterocycles. The molecule has 0 fully saturated rings. The molecule has 0 aliphatic rings. The fourth-order valence-electron chi connectivity index (χ4n) is 1.50. The Balaban J connectivity index is 1.88. The van der Waals surface area contributed by atoms with Gasteiger partial charge in [-0.15, -0.1) is 0 Å². The van der Waals surface area contributed by atoms with Gasteiger partial charge < -0.3 is 5.32 Å². The third kappa shape index (κ3) is 4.42. The van der Waals surface area contributed by atoms with Crippen LogP contribution < -0.4 is 5.32 Å². The van der Waals surface area contributed by atoms with Gasteiger partial charge in [0.1, 0.15) is 0 Å². The van der Waals surface area contributed by atoms with E-state index in [2.05, 4.69) is 39.7 Å². The summed E-state index contributed by atoms with van der Waals surface area (Å²) in [4.78, 5) is 11.8. The summed E-state index contributed by atoms with van der Waals surface area (Å²) in [5.41, 5.74) is 1.60. The Labute approximate surface area is 126 Å². The first kappa shape index (κ1) is 13.6. The van der Waals surface area contributed by atoms with Crippen molar-refractivity contribution in [3.63, 3.8) is 0 Å². The Morgan fingerprint density at radius 2 is 1.74 bits per heavy atom. The minimum Gasteiger partial charge on any atom is -0.341 e. The first-order chi connectivity index (χ1) is 9.25. The molecule has 0 aliphatic carbocycles. The summed E-state index contributed by atoms with van der Waals surface area (Å²) < 4.78 is 1.11. The summed E-state index contributed by atoms with van der Waals surface area (Å²) in [6.07, 6.45) is 0. The fraction of sp³-hybridized carbons (Fsp3) is 0.0625. The third-order valence-electron chi connectivity index (χ3n) is 2.45. The molecular weight excluding hydrogens is 349 g/mol. The van der Waals surface area contributed by atoms with E-state index in [1.165, 1.54) is 0 Å². The highest BCUT2D eigenvalue weighted by Crippen LogP contribution is 2.06. The second-order valence-corrected chi connectivity index (χ2v) is 5.10. The summed E-state index contributed by atoms with van der Waals surface area (Å²) >= 11 is 2.21. The van der Waals surface area contributed by atoms with E-state index in [1.54, 1.807) is 0 Å². The maximum atomic E-state index is 11.8. The van der Waals surface area contributed by atoms with Crippen molar-refractivity contribution in [2.45, 2.75) is 0 Å². The molecule has 0 unspecified atom stereocenters. The van der Waals surface area contributed by atoms with E-state index < -0.39 is 0 Å². The lowest BCUT2D eigenvalue weighted by atomic mass is 10.2. The van der Waals surface area contributed by atoms with Crippen LogP contribution in [-0.2, 0) is 0 Å². The van der Waals surface area contributed by atoms with E-state index in [4.69, 9.17) is 0 Å². The highest BCUT2D eigenvalue weighted by Gasteiger charge is 2.02. The number of hydrogen-bond acceptors (Lipinski definition) is 1. The Hall–Kier alpha value is -1.80. The number of amides is 1. The Morgan fingerprint density at radius 1 is 1.05 bits per heavy atom. The van der Waals surface area contributed by atoms with Gasteiger partial charge in [0.25, 0.3) is 5.91 Å². The van der Waals surface area contributed by atoms with Crippen LogP contribution in [0.15, 0.2) is 54.6 Å². The molecule has 0 radical (unpaired) electrons. The van der Waals surface area contributed by atoms with E-state index in [9.17, 15) is 4.79 Å². The van der Waals surface area contributed by atoms with Crippen molar-refractivity contribution in [3.8, 4) is 11.8 Å². The predicted molar refractivity (Wildman–Crippen MR) is 84.8 cm³/mol. The molecule has 0 spiro atoms. The van der Waals surface area contributed by atoms with Crippen LogP contribution in [0.1, 0.15) is 15.9 Å². The van der Waals surface area contributed by atoms with Crippen LogP contribution in [0.4, 0.5) is 0 Å². The van der Waals surface area contributed by atoms with Crippen molar-refractivity contribution in [1.29, 1.82) is 0 Å². The summed E-state index contributed by atoms with van der Waals surface area (Å²) in [5.74, 6) is 5.83. The maximum absolute atomic E-state index is 11.8. The summed E-state index contributed by atoms with van der Waals surface area (Å²) in [7, 11) is 0. The number of halogens is 1. The van der Waals surface area contributed by atoms with Gasteiger partial charge in [-0.3, -0.25) is 4.79 Å². The van der Waals surface area contributed by atoms with Crippen LogP contribution in [0.5, 0.6) is 0 Å². The first-order valence-electron chi connectivity index (χ1n) is 5.83. The number of nitrogens with one attached hydrogen (secondary N) is 1. The number of rotatable bonds is 2. The summed E-state index contributed by atoms with van der Waals surface area (Å²) in [5, 5.41) is 2.77. The number of carbonyl (C=O) groups excluding carboxylic acids is 1. The van der Waals surface area contributed by atoms with Gasteiger partial charge in [0.15, 0.2) is 0 Å². The third-order valence-corrected chi connectivity index (χ3v) is 3.17. The average Bonchev–Trinajstić information content (AvgIpc) is 2.45. The monoisotopic (exact) mass is 361 g/mol. The molecule has 0 aromatic heterocycles. The molecule has 2 aromatic rings. The number of carbonyl (C=O) groups is 1. The molecule has 0 heterocycles. The lowest BCUT2D eigenvalue weighted by Gasteiger charge is -2.01. The van der Waals surface area contributed by atoms with Gasteiger partial charge in [-0.25, -0.2) is 0 Å². The SMILES string of the molecule is O=C(NCC#Cc1ccccc1)c1ccc(I)cc1. The molecule has 0 saturated heterocycles. The zero-order valence-corrected chi connectivity index (χ0v) is 12.3.